The van der Waals surface area contributed by atoms with E-state index in [-0.39, 0.29) is 6.54 Å². The second-order valence-corrected chi connectivity index (χ2v) is 7.75. The average molecular weight is 404 g/mol. The number of hydrogen-bond acceptors (Lipinski definition) is 5. The summed E-state index contributed by atoms with van der Waals surface area (Å²) in [6.07, 6.45) is 2.68. The first-order valence-corrected chi connectivity index (χ1v) is 10.5. The second kappa shape index (κ2) is 9.80. The van der Waals surface area contributed by atoms with Gasteiger partial charge in [-0.25, -0.2) is 8.42 Å². The lowest BCUT2D eigenvalue weighted by Gasteiger charge is -2.24. The third-order valence-corrected chi connectivity index (χ3v) is 4.75. The molecule has 0 atom stereocenters. The van der Waals surface area contributed by atoms with Gasteiger partial charge in [0.15, 0.2) is 0 Å². The monoisotopic (exact) mass is 404 g/mol. The summed E-state index contributed by atoms with van der Waals surface area (Å²) >= 11 is 0. The molecule has 0 aliphatic rings. The number of ether oxygens (including phenoxy) is 2. The summed E-state index contributed by atoms with van der Waals surface area (Å²) < 4.78 is 36.5. The largest absolute Gasteiger partial charge is 0.492 e. The molecule has 1 amide bonds. The van der Waals surface area contributed by atoms with Crippen molar-refractivity contribution in [2.45, 2.75) is 6.92 Å². The first-order valence-electron chi connectivity index (χ1n) is 8.68. The predicted molar refractivity (Wildman–Crippen MR) is 111 cm³/mol. The molecule has 2 rings (SSSR count). The van der Waals surface area contributed by atoms with Crippen LogP contribution in [0.1, 0.15) is 6.92 Å². The molecule has 150 valence electrons. The molecule has 2 aromatic carbocycles. The molecule has 7 nitrogen and oxygen atoms in total. The van der Waals surface area contributed by atoms with Crippen molar-refractivity contribution in [1.29, 1.82) is 0 Å². The molecule has 0 aromatic heterocycles. The second-order valence-electron chi connectivity index (χ2n) is 5.84. The van der Waals surface area contributed by atoms with Crippen molar-refractivity contribution in [3.05, 3.63) is 61.2 Å². The standard InChI is InChI=1S/C20H24N2O5S/c1-4-14-27-17-12-10-16(11-13-17)21-20(23)15-22(28(3,24)25)18-8-6-7-9-19(18)26-5-2/h4,6-13H,1,5,14-15H2,2-3H3,(H,21,23). The normalized spacial score (nSPS) is 10.8. The average Bonchev–Trinajstić information content (AvgIpc) is 2.66. The zero-order valence-electron chi connectivity index (χ0n) is 15.9. The van der Waals surface area contributed by atoms with Crippen molar-refractivity contribution in [3.8, 4) is 11.5 Å². The molecule has 0 fully saturated rings. The minimum Gasteiger partial charge on any atom is -0.492 e. The highest BCUT2D eigenvalue weighted by Gasteiger charge is 2.23. The van der Waals surface area contributed by atoms with Gasteiger partial charge in [0.05, 0.1) is 18.6 Å². The number of para-hydroxylation sites is 2. The Balaban J connectivity index is 2.15. The summed E-state index contributed by atoms with van der Waals surface area (Å²) in [6, 6.07) is 13.5. The Kier molecular flexibility index (Phi) is 7.45. The molecule has 0 bridgehead atoms. The Morgan fingerprint density at radius 2 is 1.82 bits per heavy atom. The van der Waals surface area contributed by atoms with Crippen LogP contribution in [-0.4, -0.2) is 40.3 Å². The lowest BCUT2D eigenvalue weighted by molar-refractivity contribution is -0.114. The fourth-order valence-electron chi connectivity index (χ4n) is 2.44. The summed E-state index contributed by atoms with van der Waals surface area (Å²) in [6.45, 7) is 5.76. The molecule has 28 heavy (non-hydrogen) atoms. The number of carbonyl (C=O) groups is 1. The SMILES string of the molecule is C=CCOc1ccc(NC(=O)CN(c2ccccc2OCC)S(C)(=O)=O)cc1. The van der Waals surface area contributed by atoms with Gasteiger partial charge < -0.3 is 14.8 Å². The highest BCUT2D eigenvalue weighted by Crippen LogP contribution is 2.29. The van der Waals surface area contributed by atoms with Crippen LogP contribution in [0.4, 0.5) is 11.4 Å². The van der Waals surface area contributed by atoms with Gasteiger partial charge >= 0.3 is 0 Å². The molecule has 0 unspecified atom stereocenters. The number of carbonyl (C=O) groups excluding carboxylic acids is 1. The van der Waals surface area contributed by atoms with E-state index in [1.165, 1.54) is 0 Å². The fraction of sp³-hybridized carbons (Fsp3) is 0.250. The molecule has 0 saturated heterocycles. The highest BCUT2D eigenvalue weighted by atomic mass is 32.2. The molecule has 8 heteroatoms. The van der Waals surface area contributed by atoms with Crippen LogP contribution in [0.3, 0.4) is 0 Å². The Morgan fingerprint density at radius 3 is 2.43 bits per heavy atom. The van der Waals surface area contributed by atoms with Crippen LogP contribution < -0.4 is 19.1 Å². The highest BCUT2D eigenvalue weighted by molar-refractivity contribution is 7.92. The molecular weight excluding hydrogens is 380 g/mol. The number of amides is 1. The van der Waals surface area contributed by atoms with Crippen LogP contribution >= 0.6 is 0 Å². The van der Waals surface area contributed by atoms with Crippen molar-refractivity contribution in [3.63, 3.8) is 0 Å². The predicted octanol–water partition coefficient (Wildman–Crippen LogP) is 3.05. The maximum atomic E-state index is 12.5. The van der Waals surface area contributed by atoms with E-state index in [0.717, 1.165) is 10.6 Å². The van der Waals surface area contributed by atoms with E-state index in [4.69, 9.17) is 9.47 Å². The number of benzene rings is 2. The van der Waals surface area contributed by atoms with E-state index < -0.39 is 15.9 Å². The Bertz CT molecular complexity index is 910. The van der Waals surface area contributed by atoms with E-state index >= 15 is 0 Å². The van der Waals surface area contributed by atoms with E-state index in [0.29, 0.717) is 36.1 Å². The van der Waals surface area contributed by atoms with Crippen LogP contribution in [0.25, 0.3) is 0 Å². The van der Waals surface area contributed by atoms with Crippen molar-refractivity contribution in [1.82, 2.24) is 0 Å². The third-order valence-electron chi connectivity index (χ3n) is 3.63. The van der Waals surface area contributed by atoms with Gasteiger partial charge in [-0.2, -0.15) is 0 Å². The summed E-state index contributed by atoms with van der Waals surface area (Å²) in [5, 5.41) is 2.69. The van der Waals surface area contributed by atoms with Gasteiger partial charge in [-0.15, -0.1) is 0 Å². The molecule has 0 heterocycles. The van der Waals surface area contributed by atoms with Gasteiger partial charge in [-0.1, -0.05) is 24.8 Å². The van der Waals surface area contributed by atoms with Gasteiger partial charge in [-0.3, -0.25) is 9.10 Å². The molecule has 2 aromatic rings. The lowest BCUT2D eigenvalue weighted by Crippen LogP contribution is -2.37. The number of nitrogens with one attached hydrogen (secondary N) is 1. The first kappa shape index (κ1) is 21.3. The number of hydrogen-bond donors (Lipinski definition) is 1. The fourth-order valence-corrected chi connectivity index (χ4v) is 3.30. The topological polar surface area (TPSA) is 84.9 Å². The van der Waals surface area contributed by atoms with Gasteiger partial charge in [0.25, 0.3) is 0 Å². The summed E-state index contributed by atoms with van der Waals surface area (Å²) in [7, 11) is -3.70. The van der Waals surface area contributed by atoms with Crippen molar-refractivity contribution in [2.75, 3.05) is 35.6 Å². The van der Waals surface area contributed by atoms with Crippen LogP contribution in [0, 0.1) is 0 Å². The van der Waals surface area contributed by atoms with Crippen molar-refractivity contribution < 1.29 is 22.7 Å². The summed E-state index contributed by atoms with van der Waals surface area (Å²) in [5.74, 6) is 0.560. The minimum atomic E-state index is -3.70. The number of rotatable bonds is 10. The molecule has 0 radical (unpaired) electrons. The Labute approximate surface area is 165 Å². The third kappa shape index (κ3) is 6.02. The minimum absolute atomic E-state index is 0.315. The van der Waals surface area contributed by atoms with Gasteiger partial charge in [0, 0.05) is 5.69 Å². The van der Waals surface area contributed by atoms with Crippen LogP contribution in [0.5, 0.6) is 11.5 Å². The van der Waals surface area contributed by atoms with Crippen LogP contribution in [-0.2, 0) is 14.8 Å². The van der Waals surface area contributed by atoms with Gasteiger partial charge in [0.1, 0.15) is 24.7 Å². The summed E-state index contributed by atoms with van der Waals surface area (Å²) in [5.41, 5.74) is 0.845. The smallest absolute Gasteiger partial charge is 0.245 e. The van der Waals surface area contributed by atoms with E-state index in [1.54, 1.807) is 61.5 Å². The lowest BCUT2D eigenvalue weighted by atomic mass is 10.3. The Morgan fingerprint density at radius 1 is 1.14 bits per heavy atom. The Hall–Kier alpha value is -3.00. The number of anilines is 2. The van der Waals surface area contributed by atoms with Crippen molar-refractivity contribution in [2.24, 2.45) is 0 Å². The maximum Gasteiger partial charge on any atom is 0.245 e. The summed E-state index contributed by atoms with van der Waals surface area (Å²) in [4.78, 5) is 12.5. The molecule has 0 aliphatic heterocycles. The zero-order valence-corrected chi connectivity index (χ0v) is 16.7. The van der Waals surface area contributed by atoms with E-state index in [2.05, 4.69) is 11.9 Å². The van der Waals surface area contributed by atoms with Gasteiger partial charge in [-0.05, 0) is 43.3 Å². The van der Waals surface area contributed by atoms with E-state index in [1.807, 2.05) is 0 Å². The number of nitrogens with zero attached hydrogens (tertiary/aromatic N) is 1. The quantitative estimate of drug-likeness (QED) is 0.615. The molecule has 0 saturated carbocycles. The van der Waals surface area contributed by atoms with Crippen molar-refractivity contribution >= 4 is 27.3 Å². The number of sulfonamides is 1. The van der Waals surface area contributed by atoms with Crippen LogP contribution in [0.15, 0.2) is 61.2 Å². The molecular formula is C20H24N2O5S. The molecule has 1 N–H and O–H groups in total. The first-order chi connectivity index (χ1) is 13.3. The zero-order chi connectivity index (χ0) is 20.6. The van der Waals surface area contributed by atoms with Crippen LogP contribution in [0.2, 0.25) is 0 Å². The van der Waals surface area contributed by atoms with E-state index in [9.17, 15) is 13.2 Å². The molecule has 0 aliphatic carbocycles. The van der Waals surface area contributed by atoms with Gasteiger partial charge in [0.2, 0.25) is 15.9 Å². The molecule has 0 spiro atoms. The maximum absolute atomic E-state index is 12.5.